The summed E-state index contributed by atoms with van der Waals surface area (Å²) in [4.78, 5) is 22.4. The van der Waals surface area contributed by atoms with Crippen LogP contribution in [0.15, 0.2) is 42.5 Å². The lowest BCUT2D eigenvalue weighted by Crippen LogP contribution is -2.12. The van der Waals surface area contributed by atoms with Crippen molar-refractivity contribution >= 4 is 28.9 Å². The molecule has 0 spiro atoms. The number of non-ortho nitro benzene ring substituents is 1. The summed E-state index contributed by atoms with van der Waals surface area (Å²) in [6.07, 6.45) is 0. The van der Waals surface area contributed by atoms with Crippen LogP contribution in [0.2, 0.25) is 5.02 Å². The minimum atomic E-state index is -0.579. The van der Waals surface area contributed by atoms with Crippen LogP contribution in [0.4, 0.5) is 11.4 Å². The van der Waals surface area contributed by atoms with Gasteiger partial charge in [0.05, 0.1) is 22.1 Å². The Bertz CT molecular complexity index is 701. The Labute approximate surface area is 131 Å². The van der Waals surface area contributed by atoms with Crippen molar-refractivity contribution in [2.24, 2.45) is 0 Å². The molecule has 0 heterocycles. The van der Waals surface area contributed by atoms with Crippen LogP contribution in [0.1, 0.15) is 17.3 Å². The molecule has 0 atom stereocenters. The number of carbonyl (C=O) groups excluding carboxylic acids is 1. The molecule has 0 aliphatic rings. The summed E-state index contributed by atoms with van der Waals surface area (Å²) in [5.41, 5.74) is 0.391. The predicted octanol–water partition coefficient (Wildman–Crippen LogP) is 3.90. The SMILES string of the molecule is CCOc1ccc(NC(=O)c2cc([N+](=O)[O-])ccc2Cl)cc1. The van der Waals surface area contributed by atoms with Gasteiger partial charge in [0.1, 0.15) is 5.75 Å². The van der Waals surface area contributed by atoms with Gasteiger partial charge in [-0.3, -0.25) is 14.9 Å². The number of ether oxygens (including phenoxy) is 1. The van der Waals surface area contributed by atoms with E-state index in [4.69, 9.17) is 16.3 Å². The van der Waals surface area contributed by atoms with Crippen molar-refractivity contribution in [2.75, 3.05) is 11.9 Å². The van der Waals surface area contributed by atoms with Gasteiger partial charge in [-0.15, -0.1) is 0 Å². The number of carbonyl (C=O) groups is 1. The Morgan fingerprint density at radius 3 is 2.55 bits per heavy atom. The molecule has 7 heteroatoms. The number of hydrogen-bond acceptors (Lipinski definition) is 4. The van der Waals surface area contributed by atoms with Gasteiger partial charge in [0, 0.05) is 17.8 Å². The van der Waals surface area contributed by atoms with Gasteiger partial charge < -0.3 is 10.1 Å². The Hall–Kier alpha value is -2.60. The van der Waals surface area contributed by atoms with Crippen LogP contribution >= 0.6 is 11.6 Å². The van der Waals surface area contributed by atoms with Gasteiger partial charge in [-0.1, -0.05) is 11.6 Å². The first-order chi connectivity index (χ1) is 10.5. The molecule has 2 aromatic carbocycles. The molecule has 0 unspecified atom stereocenters. The molecule has 0 saturated heterocycles. The zero-order chi connectivity index (χ0) is 16.1. The van der Waals surface area contributed by atoms with Crippen LogP contribution in [0.3, 0.4) is 0 Å². The van der Waals surface area contributed by atoms with Crippen LogP contribution in [0.25, 0.3) is 0 Å². The fourth-order valence-corrected chi connectivity index (χ4v) is 2.00. The minimum Gasteiger partial charge on any atom is -0.494 e. The first kappa shape index (κ1) is 15.8. The van der Waals surface area contributed by atoms with Crippen LogP contribution in [0.5, 0.6) is 5.75 Å². The van der Waals surface area contributed by atoms with Crippen molar-refractivity contribution in [3.05, 3.63) is 63.2 Å². The maximum absolute atomic E-state index is 12.2. The number of benzene rings is 2. The Morgan fingerprint density at radius 2 is 1.95 bits per heavy atom. The molecular weight excluding hydrogens is 308 g/mol. The number of nitrogens with zero attached hydrogens (tertiary/aromatic N) is 1. The molecular formula is C15H13ClN2O4. The summed E-state index contributed by atoms with van der Waals surface area (Å²) in [7, 11) is 0. The first-order valence-electron chi connectivity index (χ1n) is 6.49. The van der Waals surface area contributed by atoms with Gasteiger partial charge in [0.2, 0.25) is 0 Å². The second kappa shape index (κ2) is 6.91. The molecule has 0 fully saturated rings. The summed E-state index contributed by atoms with van der Waals surface area (Å²) < 4.78 is 5.30. The van der Waals surface area contributed by atoms with Crippen molar-refractivity contribution in [1.82, 2.24) is 0 Å². The topological polar surface area (TPSA) is 81.5 Å². The van der Waals surface area contributed by atoms with Gasteiger partial charge in [-0.25, -0.2) is 0 Å². The van der Waals surface area contributed by atoms with Crippen LogP contribution in [0, 0.1) is 10.1 Å². The smallest absolute Gasteiger partial charge is 0.270 e. The van der Waals surface area contributed by atoms with E-state index < -0.39 is 10.8 Å². The quantitative estimate of drug-likeness (QED) is 0.669. The zero-order valence-corrected chi connectivity index (χ0v) is 12.5. The summed E-state index contributed by atoms with van der Waals surface area (Å²) in [6.45, 7) is 2.43. The maximum Gasteiger partial charge on any atom is 0.270 e. The van der Waals surface area contributed by atoms with Crippen molar-refractivity contribution in [1.29, 1.82) is 0 Å². The van der Waals surface area contributed by atoms with Crippen LogP contribution in [-0.4, -0.2) is 17.4 Å². The van der Waals surface area contributed by atoms with Crippen molar-refractivity contribution in [3.63, 3.8) is 0 Å². The van der Waals surface area contributed by atoms with E-state index in [9.17, 15) is 14.9 Å². The molecule has 0 saturated carbocycles. The third-order valence-electron chi connectivity index (χ3n) is 2.83. The van der Waals surface area contributed by atoms with E-state index in [0.29, 0.717) is 18.0 Å². The second-order valence-electron chi connectivity index (χ2n) is 4.33. The summed E-state index contributed by atoms with van der Waals surface area (Å²) in [5.74, 6) is 0.173. The number of anilines is 1. The Kier molecular flexibility index (Phi) is 4.95. The van der Waals surface area contributed by atoms with Crippen molar-refractivity contribution in [2.45, 2.75) is 6.92 Å². The molecule has 1 N–H and O–H groups in total. The lowest BCUT2D eigenvalue weighted by Gasteiger charge is -2.08. The Balaban J connectivity index is 2.18. The van der Waals surface area contributed by atoms with Crippen LogP contribution < -0.4 is 10.1 Å². The fraction of sp³-hybridized carbons (Fsp3) is 0.133. The van der Waals surface area contributed by atoms with E-state index in [1.165, 1.54) is 12.1 Å². The summed E-state index contributed by atoms with van der Waals surface area (Å²) >= 11 is 5.93. The minimum absolute atomic E-state index is 0.0461. The summed E-state index contributed by atoms with van der Waals surface area (Å²) in [6, 6.07) is 10.5. The van der Waals surface area contributed by atoms with E-state index in [-0.39, 0.29) is 16.3 Å². The monoisotopic (exact) mass is 320 g/mol. The van der Waals surface area contributed by atoms with Gasteiger partial charge in [0.25, 0.3) is 11.6 Å². The average Bonchev–Trinajstić information content (AvgIpc) is 2.49. The average molecular weight is 321 g/mol. The highest BCUT2D eigenvalue weighted by Gasteiger charge is 2.16. The molecule has 0 aliphatic heterocycles. The fourth-order valence-electron chi connectivity index (χ4n) is 1.80. The third-order valence-corrected chi connectivity index (χ3v) is 3.16. The standard InChI is InChI=1S/C15H13ClN2O4/c1-2-22-12-6-3-10(4-7-12)17-15(19)13-9-11(18(20)21)5-8-14(13)16/h3-9H,2H2,1H3,(H,17,19). The van der Waals surface area contributed by atoms with E-state index in [1.54, 1.807) is 24.3 Å². The maximum atomic E-state index is 12.2. The Morgan fingerprint density at radius 1 is 1.27 bits per heavy atom. The second-order valence-corrected chi connectivity index (χ2v) is 4.74. The van der Waals surface area contributed by atoms with Gasteiger partial charge in [-0.2, -0.15) is 0 Å². The third kappa shape index (κ3) is 3.73. The highest BCUT2D eigenvalue weighted by atomic mass is 35.5. The van der Waals surface area contributed by atoms with Gasteiger partial charge >= 0.3 is 0 Å². The van der Waals surface area contributed by atoms with Crippen molar-refractivity contribution < 1.29 is 14.5 Å². The number of hydrogen-bond donors (Lipinski definition) is 1. The first-order valence-corrected chi connectivity index (χ1v) is 6.87. The van der Waals surface area contributed by atoms with E-state index in [1.807, 2.05) is 6.92 Å². The lowest BCUT2D eigenvalue weighted by molar-refractivity contribution is -0.384. The molecule has 2 rings (SSSR count). The molecule has 0 aromatic heterocycles. The zero-order valence-electron chi connectivity index (χ0n) is 11.7. The lowest BCUT2D eigenvalue weighted by atomic mass is 10.2. The molecule has 6 nitrogen and oxygen atoms in total. The van der Waals surface area contributed by atoms with Gasteiger partial charge in [-0.05, 0) is 37.3 Å². The van der Waals surface area contributed by atoms with E-state index >= 15 is 0 Å². The van der Waals surface area contributed by atoms with Crippen molar-refractivity contribution in [3.8, 4) is 5.75 Å². The summed E-state index contributed by atoms with van der Waals surface area (Å²) in [5, 5.41) is 13.5. The molecule has 22 heavy (non-hydrogen) atoms. The van der Waals surface area contributed by atoms with E-state index in [2.05, 4.69) is 5.32 Å². The number of halogens is 1. The molecule has 0 aliphatic carbocycles. The number of rotatable bonds is 5. The number of nitrogens with one attached hydrogen (secondary N) is 1. The highest BCUT2D eigenvalue weighted by Crippen LogP contribution is 2.23. The largest absolute Gasteiger partial charge is 0.494 e. The highest BCUT2D eigenvalue weighted by molar-refractivity contribution is 6.34. The number of nitro benzene ring substituents is 1. The molecule has 114 valence electrons. The van der Waals surface area contributed by atoms with Crippen LogP contribution in [-0.2, 0) is 0 Å². The van der Waals surface area contributed by atoms with E-state index in [0.717, 1.165) is 6.07 Å². The molecule has 0 radical (unpaired) electrons. The number of amides is 1. The molecule has 2 aromatic rings. The number of nitro groups is 1. The normalized spacial score (nSPS) is 10.1. The predicted molar refractivity (Wildman–Crippen MR) is 83.7 cm³/mol. The molecule has 0 bridgehead atoms. The van der Waals surface area contributed by atoms with Gasteiger partial charge in [0.15, 0.2) is 0 Å². The molecule has 1 amide bonds.